The van der Waals surface area contributed by atoms with Crippen molar-refractivity contribution in [3.8, 4) is 0 Å². The van der Waals surface area contributed by atoms with Crippen LogP contribution in [-0.2, 0) is 63.5 Å². The van der Waals surface area contributed by atoms with E-state index in [0.29, 0.717) is 0 Å². The number of hydrogen-bond acceptors (Lipinski definition) is 30. The minimum Gasteiger partial charge on any atom is -0.387 e. The zero-order valence-electron chi connectivity index (χ0n) is 36.4. The zero-order valence-corrected chi connectivity index (χ0v) is 39.9. The molecule has 12 atom stereocenters. The Morgan fingerprint density at radius 3 is 2.15 bits per heavy atom. The molecule has 2 saturated heterocycles. The number of rotatable bonds is 25. The molecule has 5 rings (SSSR count). The normalized spacial score (nSPS) is 26.9. The first-order valence-corrected chi connectivity index (χ1v) is 25.2. The summed E-state index contributed by atoms with van der Waals surface area (Å²) in [4.78, 5) is 46.2. The lowest BCUT2D eigenvalue weighted by atomic mass is 10.1. The second-order valence-corrected chi connectivity index (χ2v) is 21.5. The Balaban J connectivity index is 1.16. The van der Waals surface area contributed by atoms with E-state index in [4.69, 9.17) is 62.5 Å². The molecule has 38 heteroatoms. The van der Waals surface area contributed by atoms with Crippen molar-refractivity contribution in [1.82, 2.24) is 34.6 Å². The molecule has 0 aromatic carbocycles. The van der Waals surface area contributed by atoms with Crippen LogP contribution in [0.1, 0.15) is 6.23 Å². The zero-order chi connectivity index (χ0) is 50.4. The molecule has 0 saturated carbocycles. The quantitative estimate of drug-likeness (QED) is 0.0147. The number of H-pyrrole nitrogens is 2. The molecule has 34 nitrogen and oxygen atoms in total. The van der Waals surface area contributed by atoms with Gasteiger partial charge in [-0.25, -0.2) is 28.1 Å². The number of hydrogen-bond donors (Lipinski definition) is 11. The largest absolute Gasteiger partial charge is 0.491 e. The number of nitrogens with two attached hydrogens (primary N) is 3. The SMILES string of the molecule is C=CN(c1nc(N)[nH]c(=O)c1NC)[C@@H]1O[C@H](COP(=O)(OC)OP(=O)(OC)OP(=O)(OC)C(C=NCCNP(=O)(OC)OC[C@H]2O[C@@H](n3cnc4c(=O)[nH]c(N)nc43)C(O)C2O)=NN)C(O)C1O. The van der Waals surface area contributed by atoms with Gasteiger partial charge in [0, 0.05) is 48.2 Å². The van der Waals surface area contributed by atoms with Crippen molar-refractivity contribution in [2.45, 2.75) is 49.1 Å². The van der Waals surface area contributed by atoms with Crippen LogP contribution in [0.15, 0.2) is 38.8 Å². The molecule has 5 heterocycles. The number of nitrogen functional groups attached to an aromatic ring is 2. The Morgan fingerprint density at radius 2 is 1.53 bits per heavy atom. The van der Waals surface area contributed by atoms with Crippen molar-refractivity contribution in [3.05, 3.63) is 39.8 Å². The summed E-state index contributed by atoms with van der Waals surface area (Å²) in [6.45, 7) is 1.53. The van der Waals surface area contributed by atoms with Gasteiger partial charge in [-0.15, -0.1) is 0 Å². The summed E-state index contributed by atoms with van der Waals surface area (Å²) in [5.41, 5.74) is 8.91. The van der Waals surface area contributed by atoms with E-state index in [2.05, 4.69) is 52.0 Å². The number of fused-ring (bicyclic) bond motifs is 1. The highest BCUT2D eigenvalue weighted by atomic mass is 31.3. The van der Waals surface area contributed by atoms with Crippen LogP contribution in [0.5, 0.6) is 0 Å². The molecular weight excluding hydrogens is 1000 g/mol. The van der Waals surface area contributed by atoms with Gasteiger partial charge in [-0.05, 0) is 0 Å². The second kappa shape index (κ2) is 22.6. The number of nitrogens with one attached hydrogen (secondary N) is 4. The number of phosphoric ester groups is 1. The molecule has 2 aliphatic rings. The molecule has 0 spiro atoms. The minimum atomic E-state index is -5.34. The highest BCUT2D eigenvalue weighted by Crippen LogP contribution is 2.72. The maximum absolute atomic E-state index is 13.8. The molecule has 0 amide bonds. The predicted molar refractivity (Wildman–Crippen MR) is 236 cm³/mol. The van der Waals surface area contributed by atoms with Crippen molar-refractivity contribution in [3.63, 3.8) is 0 Å². The summed E-state index contributed by atoms with van der Waals surface area (Å²) in [5, 5.41) is 51.5. The van der Waals surface area contributed by atoms with Gasteiger partial charge in [-0.1, -0.05) is 6.58 Å². The number of aliphatic hydroxyl groups is 4. The number of hydrazone groups is 1. The standard InChI is InChI=1S/C30H50N14O20P4/c1-7-43(23-17(34-2)25(49)40-29(31)38-23)27-21(47)20(46)15(61-27)12-60-67(53,57-5)64-68(54,58-6)63-65(51,55-3)16(42-33)10-35-8-9-37-66(52,56-4)59-11-14-19(45)22(48)28(62-14)44-13-36-18-24(44)39-30(32)41-26(18)50/h7,10,13-15,19-22,27-28,34,45-48H,1,8-9,11-12,33H2,2-6H3,(H,37,52)(H3,31,38,40,49)(H3,32,39,41,50)/t14-,15-,19?,20?,21?,22?,27-,28-,65?,66?,67?,68?/m1/s1. The van der Waals surface area contributed by atoms with Crippen molar-refractivity contribution >= 4 is 77.2 Å². The molecule has 68 heavy (non-hydrogen) atoms. The van der Waals surface area contributed by atoms with E-state index in [0.717, 1.165) is 52.1 Å². The first-order chi connectivity index (χ1) is 32.1. The Kier molecular flexibility index (Phi) is 18.1. The Bertz CT molecular complexity index is 2650. The van der Waals surface area contributed by atoms with E-state index in [9.17, 15) is 48.3 Å². The third kappa shape index (κ3) is 12.0. The monoisotopic (exact) mass is 1050 g/mol. The highest BCUT2D eigenvalue weighted by Gasteiger charge is 2.51. The minimum absolute atomic E-state index is 0.0452. The van der Waals surface area contributed by atoms with Gasteiger partial charge in [0.25, 0.3) is 11.1 Å². The van der Waals surface area contributed by atoms with Gasteiger partial charge >= 0.3 is 31.0 Å². The molecule has 3 aromatic heterocycles. The first kappa shape index (κ1) is 54.6. The van der Waals surface area contributed by atoms with Crippen LogP contribution < -0.4 is 43.7 Å². The third-order valence-electron chi connectivity index (χ3n) is 9.59. The summed E-state index contributed by atoms with van der Waals surface area (Å²) in [6.07, 6.45) is -9.31. The number of aliphatic hydroxyl groups excluding tert-OH is 4. The number of nitrogens with zero attached hydrogens (tertiary/aromatic N) is 7. The van der Waals surface area contributed by atoms with E-state index >= 15 is 0 Å². The molecule has 0 radical (unpaired) electrons. The topological polar surface area (TPSA) is 481 Å². The van der Waals surface area contributed by atoms with Gasteiger partial charge in [-0.3, -0.25) is 51.8 Å². The molecule has 2 aliphatic heterocycles. The third-order valence-corrected chi connectivity index (χ3v) is 17.1. The lowest BCUT2D eigenvalue weighted by molar-refractivity contribution is -0.0490. The fourth-order valence-electron chi connectivity index (χ4n) is 6.21. The van der Waals surface area contributed by atoms with Crippen molar-refractivity contribution in [2.24, 2.45) is 15.9 Å². The Labute approximate surface area is 383 Å². The van der Waals surface area contributed by atoms with Crippen LogP contribution >= 0.6 is 31.0 Å². The predicted octanol–water partition coefficient (Wildman–Crippen LogP) is -1.77. The molecule has 3 aromatic rings. The number of aromatic amines is 2. The molecule has 14 N–H and O–H groups in total. The highest BCUT2D eigenvalue weighted by molar-refractivity contribution is 7.80. The molecule has 2 fully saturated rings. The van der Waals surface area contributed by atoms with Gasteiger partial charge < -0.3 is 66.5 Å². The number of anilines is 4. The van der Waals surface area contributed by atoms with Crippen molar-refractivity contribution < 1.29 is 83.9 Å². The Morgan fingerprint density at radius 1 is 0.897 bits per heavy atom. The van der Waals surface area contributed by atoms with Crippen LogP contribution in [0.4, 0.5) is 23.4 Å². The first-order valence-electron chi connectivity index (χ1n) is 19.2. The molecule has 8 unspecified atom stereocenters. The van der Waals surface area contributed by atoms with Gasteiger partial charge in [0.15, 0.2) is 34.9 Å². The van der Waals surface area contributed by atoms with E-state index in [1.807, 2.05) is 0 Å². The lowest BCUT2D eigenvalue weighted by Gasteiger charge is -2.29. The van der Waals surface area contributed by atoms with Crippen LogP contribution in [0, 0.1) is 0 Å². The smallest absolute Gasteiger partial charge is 0.387 e. The summed E-state index contributed by atoms with van der Waals surface area (Å²) in [5.74, 6) is 4.72. The molecule has 0 bridgehead atoms. The number of imidazole rings is 1. The number of aliphatic imine (C=N–C) groups is 1. The maximum atomic E-state index is 13.8. The van der Waals surface area contributed by atoms with E-state index in [-0.39, 0.29) is 47.7 Å². The summed E-state index contributed by atoms with van der Waals surface area (Å²) >= 11 is 0. The van der Waals surface area contributed by atoms with E-state index in [1.165, 1.54) is 11.6 Å². The summed E-state index contributed by atoms with van der Waals surface area (Å²) in [6, 6.07) is 0. The van der Waals surface area contributed by atoms with Gasteiger partial charge in [-0.2, -0.15) is 19.4 Å². The molecule has 380 valence electrons. The van der Waals surface area contributed by atoms with Crippen molar-refractivity contribution in [2.75, 3.05) is 83.5 Å². The van der Waals surface area contributed by atoms with E-state index < -0.39 is 110 Å². The van der Waals surface area contributed by atoms with Crippen LogP contribution in [0.25, 0.3) is 11.2 Å². The van der Waals surface area contributed by atoms with Crippen LogP contribution in [-0.4, -0.2) is 166 Å². The number of phosphoric acid groups is 2. The van der Waals surface area contributed by atoms with E-state index in [1.54, 1.807) is 0 Å². The molecular formula is C30H50N14O20P4. The summed E-state index contributed by atoms with van der Waals surface area (Å²) in [7, 11) is -14.8. The lowest BCUT2D eigenvalue weighted by Crippen LogP contribution is -2.42. The fourth-order valence-corrected chi connectivity index (χ4v) is 12.2. The fraction of sp³-hybridized carbons (Fsp3) is 0.567. The summed E-state index contributed by atoms with van der Waals surface area (Å²) < 4.78 is 107. The molecule has 0 aliphatic carbocycles. The average molecular weight is 1050 g/mol. The van der Waals surface area contributed by atoms with Crippen molar-refractivity contribution in [1.29, 1.82) is 0 Å². The average Bonchev–Trinajstić information content (AvgIpc) is 3.94. The second-order valence-electron chi connectivity index (χ2n) is 13.7. The van der Waals surface area contributed by atoms with Gasteiger partial charge in [0.2, 0.25) is 11.9 Å². The number of ether oxygens (including phenoxy) is 2. The van der Waals surface area contributed by atoms with Gasteiger partial charge in [0.05, 0.1) is 32.3 Å². The van der Waals surface area contributed by atoms with Gasteiger partial charge in [0.1, 0.15) is 42.3 Å². The number of aromatic nitrogens is 6. The maximum Gasteiger partial charge on any atom is 0.491 e. The van der Waals surface area contributed by atoms with Crippen LogP contribution in [0.3, 0.4) is 0 Å². The van der Waals surface area contributed by atoms with Crippen LogP contribution in [0.2, 0.25) is 0 Å². The Hall–Kier alpha value is -4.37.